The Morgan fingerprint density at radius 2 is 1.96 bits per heavy atom. The molecule has 27 heavy (non-hydrogen) atoms. The molecule has 0 saturated heterocycles. The van der Waals surface area contributed by atoms with E-state index in [2.05, 4.69) is 15.0 Å². The molecular weight excluding hydrogens is 409 g/mol. The number of carbonyl (C=O) groups is 1. The van der Waals surface area contributed by atoms with Crippen LogP contribution in [0.2, 0.25) is 10.0 Å². The number of amides is 1. The van der Waals surface area contributed by atoms with Crippen molar-refractivity contribution in [3.8, 4) is 0 Å². The smallest absolute Gasteiger partial charge is 0.263 e. The first-order valence-electron chi connectivity index (χ1n) is 8.19. The van der Waals surface area contributed by atoms with Gasteiger partial charge in [-0.25, -0.2) is 8.42 Å². The summed E-state index contributed by atoms with van der Waals surface area (Å²) in [6, 6.07) is 11.4. The van der Waals surface area contributed by atoms with Crippen LogP contribution in [-0.4, -0.2) is 26.7 Å². The Hall–Kier alpha value is -2.09. The van der Waals surface area contributed by atoms with Gasteiger partial charge in [0.15, 0.2) is 0 Å². The number of sulfonamides is 1. The second-order valence-electron chi connectivity index (χ2n) is 6.04. The van der Waals surface area contributed by atoms with Crippen LogP contribution in [0.4, 0.5) is 0 Å². The predicted molar refractivity (Wildman–Crippen MR) is 106 cm³/mol. The Morgan fingerprint density at radius 3 is 2.70 bits per heavy atom. The lowest BCUT2D eigenvalue weighted by atomic mass is 10.1. The third-order valence-electron chi connectivity index (χ3n) is 4.08. The SMILES string of the molecule is CC(NC(=O)CCN=C1NS(=O)(=O)c2ccccc21)c1ccc(Cl)cc1Cl. The minimum absolute atomic E-state index is 0.114. The van der Waals surface area contributed by atoms with Gasteiger partial charge in [0.2, 0.25) is 5.91 Å². The monoisotopic (exact) mass is 425 g/mol. The van der Waals surface area contributed by atoms with Crippen molar-refractivity contribution in [3.05, 3.63) is 63.6 Å². The standard InChI is InChI=1S/C18H17Cl2N3O3S/c1-11(13-7-6-12(19)10-15(13)20)22-17(24)8-9-21-18-14-4-2-3-5-16(14)27(25,26)23-18/h2-7,10-11H,8-9H2,1H3,(H,21,23)(H,22,24). The number of benzene rings is 2. The maximum absolute atomic E-state index is 12.2. The molecule has 6 nitrogen and oxygen atoms in total. The number of carbonyl (C=O) groups excluding carboxylic acids is 1. The average Bonchev–Trinajstić information content (AvgIpc) is 2.86. The molecule has 0 fully saturated rings. The molecule has 2 aromatic carbocycles. The summed E-state index contributed by atoms with van der Waals surface area (Å²) in [6.07, 6.45) is 0.114. The van der Waals surface area contributed by atoms with Crippen LogP contribution in [0.1, 0.15) is 30.5 Å². The van der Waals surface area contributed by atoms with Gasteiger partial charge in [-0.3, -0.25) is 14.5 Å². The second-order valence-corrected chi connectivity index (χ2v) is 8.53. The van der Waals surface area contributed by atoms with E-state index in [1.807, 2.05) is 6.92 Å². The van der Waals surface area contributed by atoms with Crippen LogP contribution in [0.15, 0.2) is 52.4 Å². The maximum atomic E-state index is 12.2. The third kappa shape index (κ3) is 4.43. The van der Waals surface area contributed by atoms with Crippen molar-refractivity contribution in [1.29, 1.82) is 0 Å². The Bertz CT molecular complexity index is 1020. The van der Waals surface area contributed by atoms with E-state index >= 15 is 0 Å². The van der Waals surface area contributed by atoms with Gasteiger partial charge in [-0.1, -0.05) is 41.4 Å². The molecule has 1 heterocycles. The molecule has 0 spiro atoms. The van der Waals surface area contributed by atoms with Crippen LogP contribution in [0.3, 0.4) is 0 Å². The number of amidine groups is 1. The van der Waals surface area contributed by atoms with Gasteiger partial charge in [-0.2, -0.15) is 0 Å². The van der Waals surface area contributed by atoms with Crippen molar-refractivity contribution >= 4 is 45.0 Å². The molecule has 1 aliphatic rings. The van der Waals surface area contributed by atoms with Crippen LogP contribution >= 0.6 is 23.2 Å². The van der Waals surface area contributed by atoms with Gasteiger partial charge < -0.3 is 5.32 Å². The first kappa shape index (κ1) is 19.7. The van der Waals surface area contributed by atoms with Gasteiger partial charge in [-0.05, 0) is 36.8 Å². The fourth-order valence-corrected chi connectivity index (χ4v) is 4.59. The number of aliphatic imine (C=N–C) groups is 1. The zero-order valence-electron chi connectivity index (χ0n) is 14.4. The van der Waals surface area contributed by atoms with Crippen LogP contribution in [0.5, 0.6) is 0 Å². The lowest BCUT2D eigenvalue weighted by Crippen LogP contribution is -2.27. The topological polar surface area (TPSA) is 87.6 Å². The molecule has 0 aliphatic carbocycles. The minimum Gasteiger partial charge on any atom is -0.349 e. The molecule has 9 heteroatoms. The number of hydrogen-bond donors (Lipinski definition) is 2. The molecular formula is C18H17Cl2N3O3S. The highest BCUT2D eigenvalue weighted by Crippen LogP contribution is 2.26. The molecule has 0 saturated carbocycles. The third-order valence-corrected chi connectivity index (χ3v) is 6.04. The maximum Gasteiger partial charge on any atom is 0.263 e. The Morgan fingerprint density at radius 1 is 1.22 bits per heavy atom. The Kier molecular flexibility index (Phi) is 5.74. The molecule has 0 aromatic heterocycles. The van der Waals surface area contributed by atoms with Gasteiger partial charge in [-0.15, -0.1) is 0 Å². The van der Waals surface area contributed by atoms with Gasteiger partial charge >= 0.3 is 0 Å². The molecule has 1 aliphatic heterocycles. The van der Waals surface area contributed by atoms with Crippen molar-refractivity contribution in [2.24, 2.45) is 4.99 Å². The molecule has 1 amide bonds. The van der Waals surface area contributed by atoms with Crippen molar-refractivity contribution in [1.82, 2.24) is 10.0 Å². The van der Waals surface area contributed by atoms with E-state index in [0.29, 0.717) is 15.6 Å². The summed E-state index contributed by atoms with van der Waals surface area (Å²) in [6.45, 7) is 1.97. The van der Waals surface area contributed by atoms with E-state index in [4.69, 9.17) is 23.2 Å². The van der Waals surface area contributed by atoms with E-state index in [-0.39, 0.29) is 35.6 Å². The quantitative estimate of drug-likeness (QED) is 0.769. The zero-order valence-corrected chi connectivity index (χ0v) is 16.7. The fraction of sp³-hybridized carbons (Fsp3) is 0.222. The number of nitrogens with zero attached hydrogens (tertiary/aromatic N) is 1. The van der Waals surface area contributed by atoms with Crippen molar-refractivity contribution < 1.29 is 13.2 Å². The lowest BCUT2D eigenvalue weighted by molar-refractivity contribution is -0.121. The highest BCUT2D eigenvalue weighted by Gasteiger charge is 2.29. The molecule has 2 N–H and O–H groups in total. The largest absolute Gasteiger partial charge is 0.349 e. The summed E-state index contributed by atoms with van der Waals surface area (Å²) in [5.74, 6) is 0.0409. The predicted octanol–water partition coefficient (Wildman–Crippen LogP) is 3.30. The molecule has 3 rings (SSSR count). The zero-order chi connectivity index (χ0) is 19.6. The van der Waals surface area contributed by atoms with Crippen molar-refractivity contribution in [2.45, 2.75) is 24.3 Å². The number of nitrogens with one attached hydrogen (secondary N) is 2. The number of hydrogen-bond acceptors (Lipinski definition) is 4. The lowest BCUT2D eigenvalue weighted by Gasteiger charge is -2.15. The summed E-state index contributed by atoms with van der Waals surface area (Å²) >= 11 is 12.0. The van der Waals surface area contributed by atoms with Crippen LogP contribution in [0, 0.1) is 0 Å². The summed E-state index contributed by atoms with van der Waals surface area (Å²) in [4.78, 5) is 16.6. The first-order valence-corrected chi connectivity index (χ1v) is 10.4. The highest BCUT2D eigenvalue weighted by atomic mass is 35.5. The average molecular weight is 426 g/mol. The summed E-state index contributed by atoms with van der Waals surface area (Å²) < 4.78 is 26.5. The summed E-state index contributed by atoms with van der Waals surface area (Å²) in [5, 5.41) is 3.85. The van der Waals surface area contributed by atoms with E-state index < -0.39 is 10.0 Å². The number of halogens is 2. The summed E-state index contributed by atoms with van der Waals surface area (Å²) in [5.41, 5.74) is 1.28. The number of rotatable bonds is 5. The Balaban J connectivity index is 1.61. The van der Waals surface area contributed by atoms with E-state index in [1.54, 1.807) is 36.4 Å². The van der Waals surface area contributed by atoms with E-state index in [9.17, 15) is 13.2 Å². The molecule has 1 unspecified atom stereocenters. The highest BCUT2D eigenvalue weighted by molar-refractivity contribution is 7.90. The van der Waals surface area contributed by atoms with Gasteiger partial charge in [0.25, 0.3) is 10.0 Å². The second kappa shape index (κ2) is 7.88. The van der Waals surface area contributed by atoms with Gasteiger partial charge in [0.1, 0.15) is 5.84 Å². The van der Waals surface area contributed by atoms with Gasteiger partial charge in [0, 0.05) is 22.0 Å². The van der Waals surface area contributed by atoms with E-state index in [0.717, 1.165) is 5.56 Å². The molecule has 0 bridgehead atoms. The van der Waals surface area contributed by atoms with Crippen LogP contribution in [0.25, 0.3) is 0 Å². The number of fused-ring (bicyclic) bond motifs is 1. The van der Waals surface area contributed by atoms with E-state index in [1.165, 1.54) is 6.07 Å². The summed E-state index contributed by atoms with van der Waals surface area (Å²) in [7, 11) is -3.58. The van der Waals surface area contributed by atoms with Crippen LogP contribution < -0.4 is 10.0 Å². The van der Waals surface area contributed by atoms with Gasteiger partial charge in [0.05, 0.1) is 17.5 Å². The minimum atomic E-state index is -3.58. The first-order chi connectivity index (χ1) is 12.8. The van der Waals surface area contributed by atoms with Crippen molar-refractivity contribution in [2.75, 3.05) is 6.54 Å². The van der Waals surface area contributed by atoms with Crippen LogP contribution in [-0.2, 0) is 14.8 Å². The fourth-order valence-electron chi connectivity index (χ4n) is 2.76. The molecule has 2 aromatic rings. The molecule has 1 atom stereocenters. The van der Waals surface area contributed by atoms with Crippen molar-refractivity contribution in [3.63, 3.8) is 0 Å². The molecule has 0 radical (unpaired) electrons. The Labute approximate surface area is 167 Å². The normalized spacial score (nSPS) is 17.2. The molecule has 142 valence electrons.